The molecule has 2 aromatic carbocycles. The third-order valence-electron chi connectivity index (χ3n) is 3.14. The first-order valence-corrected chi connectivity index (χ1v) is 6.67. The number of nitriles is 1. The van der Waals surface area contributed by atoms with Crippen molar-refractivity contribution in [3.05, 3.63) is 64.8 Å². The van der Waals surface area contributed by atoms with Gasteiger partial charge >= 0.3 is 0 Å². The molecule has 0 amide bonds. The molecular weight excluding hydrogens is 308 g/mol. The molecule has 0 atom stereocenters. The smallest absolute Gasteiger partial charge is 0.146 e. The number of hydrogen-bond donors (Lipinski definition) is 1. The number of nitrogens with zero attached hydrogens (tertiary/aromatic N) is 2. The molecule has 0 aliphatic heterocycles. The van der Waals surface area contributed by atoms with E-state index in [9.17, 15) is 14.0 Å². The Morgan fingerprint density at radius 1 is 1.14 bits per heavy atom. The van der Waals surface area contributed by atoms with E-state index in [1.807, 2.05) is 6.07 Å². The lowest BCUT2D eigenvalue weighted by atomic mass is 10.1. The third kappa shape index (κ3) is 2.57. The third-order valence-corrected chi connectivity index (χ3v) is 3.37. The molecule has 0 saturated carbocycles. The molecule has 3 nitrogen and oxygen atoms in total. The standard InChI is InChI=1S/C16H8ClF2N3/c17-10-1-4-14-12(5-10)16(9(7-20)8-21-14)22-15-6-11(18)2-3-13(15)19/h1-6,8H,(H,21,22). The fraction of sp³-hybridized carbons (Fsp3) is 0. The largest absolute Gasteiger partial charge is 0.351 e. The van der Waals surface area contributed by atoms with Crippen LogP contribution in [0.15, 0.2) is 42.6 Å². The van der Waals surface area contributed by atoms with E-state index >= 15 is 0 Å². The lowest BCUT2D eigenvalue weighted by Gasteiger charge is -2.12. The Bertz CT molecular complexity index is 919. The van der Waals surface area contributed by atoms with Gasteiger partial charge < -0.3 is 5.32 Å². The normalized spacial score (nSPS) is 10.5. The number of hydrogen-bond acceptors (Lipinski definition) is 3. The molecular formula is C16H8ClF2N3. The van der Waals surface area contributed by atoms with Gasteiger partial charge in [-0.3, -0.25) is 4.98 Å². The zero-order valence-electron chi connectivity index (χ0n) is 11.1. The van der Waals surface area contributed by atoms with Crippen molar-refractivity contribution < 1.29 is 8.78 Å². The molecule has 0 spiro atoms. The minimum absolute atomic E-state index is 0.0658. The Hall–Kier alpha value is -2.71. The van der Waals surface area contributed by atoms with Crippen LogP contribution >= 0.6 is 11.6 Å². The summed E-state index contributed by atoms with van der Waals surface area (Å²) in [5.74, 6) is -1.21. The summed E-state index contributed by atoms with van der Waals surface area (Å²) >= 11 is 5.97. The van der Waals surface area contributed by atoms with Gasteiger partial charge in [0.15, 0.2) is 0 Å². The van der Waals surface area contributed by atoms with E-state index in [0.29, 0.717) is 21.6 Å². The van der Waals surface area contributed by atoms with Crippen molar-refractivity contribution in [3.8, 4) is 6.07 Å². The summed E-state index contributed by atoms with van der Waals surface area (Å²) in [6, 6.07) is 10.00. The Balaban J connectivity index is 2.22. The van der Waals surface area contributed by atoms with Crippen LogP contribution in [0.2, 0.25) is 5.02 Å². The average molecular weight is 316 g/mol. The monoisotopic (exact) mass is 315 g/mol. The summed E-state index contributed by atoms with van der Waals surface area (Å²) in [7, 11) is 0. The van der Waals surface area contributed by atoms with Gasteiger partial charge in [-0.25, -0.2) is 8.78 Å². The number of nitrogens with one attached hydrogen (secondary N) is 1. The van der Waals surface area contributed by atoms with Gasteiger partial charge in [0.1, 0.15) is 17.7 Å². The molecule has 3 rings (SSSR count). The highest BCUT2D eigenvalue weighted by atomic mass is 35.5. The second-order valence-corrected chi connectivity index (χ2v) is 5.01. The van der Waals surface area contributed by atoms with Crippen LogP contribution in [-0.4, -0.2) is 4.98 Å². The molecule has 0 aliphatic rings. The fourth-order valence-corrected chi connectivity index (χ4v) is 2.28. The van der Waals surface area contributed by atoms with Crippen LogP contribution < -0.4 is 5.32 Å². The summed E-state index contributed by atoms with van der Waals surface area (Å²) in [6.07, 6.45) is 1.37. The van der Waals surface area contributed by atoms with Crippen molar-refractivity contribution in [2.45, 2.75) is 0 Å². The van der Waals surface area contributed by atoms with Crippen molar-refractivity contribution in [1.82, 2.24) is 4.98 Å². The van der Waals surface area contributed by atoms with Crippen LogP contribution in [-0.2, 0) is 0 Å². The molecule has 108 valence electrons. The van der Waals surface area contributed by atoms with Crippen molar-refractivity contribution >= 4 is 33.9 Å². The van der Waals surface area contributed by atoms with Crippen molar-refractivity contribution in [2.75, 3.05) is 5.32 Å². The zero-order chi connectivity index (χ0) is 15.7. The number of fused-ring (bicyclic) bond motifs is 1. The van der Waals surface area contributed by atoms with Crippen molar-refractivity contribution in [2.24, 2.45) is 0 Å². The van der Waals surface area contributed by atoms with E-state index in [1.54, 1.807) is 18.2 Å². The van der Waals surface area contributed by atoms with E-state index < -0.39 is 11.6 Å². The molecule has 0 aliphatic carbocycles. The van der Waals surface area contributed by atoms with Crippen LogP contribution in [0.3, 0.4) is 0 Å². The van der Waals surface area contributed by atoms with Gasteiger partial charge in [-0.1, -0.05) is 11.6 Å². The van der Waals surface area contributed by atoms with Gasteiger partial charge in [-0.2, -0.15) is 5.26 Å². The molecule has 1 heterocycles. The molecule has 0 bridgehead atoms. The maximum absolute atomic E-state index is 13.8. The predicted octanol–water partition coefficient (Wildman–Crippen LogP) is 4.78. The number of anilines is 2. The van der Waals surface area contributed by atoms with Crippen LogP contribution in [0.5, 0.6) is 0 Å². The summed E-state index contributed by atoms with van der Waals surface area (Å²) in [5, 5.41) is 13.0. The highest BCUT2D eigenvalue weighted by Crippen LogP contribution is 2.31. The highest BCUT2D eigenvalue weighted by Gasteiger charge is 2.12. The first kappa shape index (κ1) is 14.2. The van der Waals surface area contributed by atoms with E-state index in [-0.39, 0.29) is 11.3 Å². The molecule has 1 aromatic heterocycles. The van der Waals surface area contributed by atoms with Crippen molar-refractivity contribution in [3.63, 3.8) is 0 Å². The number of benzene rings is 2. The number of halogens is 3. The fourth-order valence-electron chi connectivity index (χ4n) is 2.11. The topological polar surface area (TPSA) is 48.7 Å². The molecule has 0 fully saturated rings. The second-order valence-electron chi connectivity index (χ2n) is 4.57. The average Bonchev–Trinajstić information content (AvgIpc) is 2.51. The van der Waals surface area contributed by atoms with Crippen LogP contribution in [0.1, 0.15) is 5.56 Å². The minimum atomic E-state index is -0.628. The minimum Gasteiger partial charge on any atom is -0.351 e. The van der Waals surface area contributed by atoms with Gasteiger partial charge in [0, 0.05) is 22.7 Å². The Kier molecular flexibility index (Phi) is 3.61. The number of aromatic nitrogens is 1. The summed E-state index contributed by atoms with van der Waals surface area (Å²) in [5.41, 5.74) is 1.06. The van der Waals surface area contributed by atoms with E-state index in [0.717, 1.165) is 18.2 Å². The van der Waals surface area contributed by atoms with E-state index in [1.165, 1.54) is 6.20 Å². The lowest BCUT2D eigenvalue weighted by molar-refractivity contribution is 0.603. The lowest BCUT2D eigenvalue weighted by Crippen LogP contribution is -1.99. The Morgan fingerprint density at radius 2 is 1.95 bits per heavy atom. The highest BCUT2D eigenvalue weighted by molar-refractivity contribution is 6.31. The van der Waals surface area contributed by atoms with Crippen LogP contribution in [0.4, 0.5) is 20.2 Å². The van der Waals surface area contributed by atoms with Crippen LogP contribution in [0, 0.1) is 23.0 Å². The van der Waals surface area contributed by atoms with Gasteiger partial charge in [0.2, 0.25) is 0 Å². The van der Waals surface area contributed by atoms with E-state index in [4.69, 9.17) is 11.6 Å². The van der Waals surface area contributed by atoms with Gasteiger partial charge in [-0.05, 0) is 30.3 Å². The molecule has 3 aromatic rings. The number of rotatable bonds is 2. The first-order chi connectivity index (χ1) is 10.6. The van der Waals surface area contributed by atoms with Crippen molar-refractivity contribution in [1.29, 1.82) is 5.26 Å². The number of pyridine rings is 1. The van der Waals surface area contributed by atoms with E-state index in [2.05, 4.69) is 10.3 Å². The SMILES string of the molecule is N#Cc1cnc2ccc(Cl)cc2c1Nc1cc(F)ccc1F. The maximum Gasteiger partial charge on any atom is 0.146 e. The molecule has 0 saturated heterocycles. The molecule has 0 unspecified atom stereocenters. The van der Waals surface area contributed by atoms with Gasteiger partial charge in [0.25, 0.3) is 0 Å². The maximum atomic E-state index is 13.8. The van der Waals surface area contributed by atoms with Gasteiger partial charge in [-0.15, -0.1) is 0 Å². The quantitative estimate of drug-likeness (QED) is 0.740. The second kappa shape index (κ2) is 5.58. The Labute approximate surface area is 129 Å². The predicted molar refractivity (Wildman–Crippen MR) is 81.1 cm³/mol. The summed E-state index contributed by atoms with van der Waals surface area (Å²) in [6.45, 7) is 0. The molecule has 6 heteroatoms. The molecule has 1 N–H and O–H groups in total. The molecule has 22 heavy (non-hydrogen) atoms. The summed E-state index contributed by atoms with van der Waals surface area (Å²) < 4.78 is 27.1. The van der Waals surface area contributed by atoms with Gasteiger partial charge in [0.05, 0.1) is 22.5 Å². The van der Waals surface area contributed by atoms with Crippen LogP contribution in [0.25, 0.3) is 10.9 Å². The zero-order valence-corrected chi connectivity index (χ0v) is 11.8. The summed E-state index contributed by atoms with van der Waals surface area (Å²) in [4.78, 5) is 4.15. The first-order valence-electron chi connectivity index (χ1n) is 6.29. The Morgan fingerprint density at radius 3 is 2.73 bits per heavy atom. The molecule has 0 radical (unpaired) electrons.